The number of hydrogen-bond acceptors (Lipinski definition) is 3. The lowest BCUT2D eigenvalue weighted by Gasteiger charge is -2.24. The Morgan fingerprint density at radius 3 is 2.27 bits per heavy atom. The molecule has 2 heterocycles. The van der Waals surface area contributed by atoms with Crippen molar-refractivity contribution in [3.63, 3.8) is 0 Å². The largest absolute Gasteiger partial charge is 0.325 e. The molecule has 5 heteroatoms. The summed E-state index contributed by atoms with van der Waals surface area (Å²) in [5, 5.41) is 0. The topological polar surface area (TPSA) is 69.0 Å². The van der Waals surface area contributed by atoms with Crippen LogP contribution < -0.4 is 11.2 Å². The van der Waals surface area contributed by atoms with Crippen LogP contribution in [-0.2, 0) is 0 Å². The van der Waals surface area contributed by atoms with E-state index >= 15 is 0 Å². The Balaban J connectivity index is 1.92. The lowest BCUT2D eigenvalue weighted by atomic mass is 10.0. The molecule has 0 unspecified atom stereocenters. The molecule has 1 aliphatic heterocycles. The molecule has 1 aromatic heterocycles. The van der Waals surface area contributed by atoms with Gasteiger partial charge >= 0.3 is 5.69 Å². The first kappa shape index (κ1) is 14.8. The molecule has 0 saturated carbocycles. The summed E-state index contributed by atoms with van der Waals surface area (Å²) in [6.45, 7) is 6.27. The lowest BCUT2D eigenvalue weighted by molar-refractivity contribution is 0.263. The van der Waals surface area contributed by atoms with Gasteiger partial charge in [0, 0.05) is 11.7 Å². The van der Waals surface area contributed by atoms with Gasteiger partial charge in [-0.1, -0.05) is 24.3 Å². The number of aromatic amines is 2. The molecule has 1 saturated heterocycles. The zero-order valence-electron chi connectivity index (χ0n) is 13.0. The van der Waals surface area contributed by atoms with Crippen LogP contribution in [0.4, 0.5) is 0 Å². The molecule has 1 atom stereocenters. The van der Waals surface area contributed by atoms with Crippen molar-refractivity contribution in [2.24, 2.45) is 0 Å². The summed E-state index contributed by atoms with van der Waals surface area (Å²) in [6.07, 6.45) is 2.54. The van der Waals surface area contributed by atoms with Crippen molar-refractivity contribution >= 4 is 0 Å². The lowest BCUT2D eigenvalue weighted by Crippen LogP contribution is -2.25. The predicted octanol–water partition coefficient (Wildman–Crippen LogP) is 2.20. The van der Waals surface area contributed by atoms with Crippen LogP contribution in [0.25, 0.3) is 11.1 Å². The van der Waals surface area contributed by atoms with E-state index in [1.54, 1.807) is 6.92 Å². The highest BCUT2D eigenvalue weighted by Crippen LogP contribution is 2.26. The number of nitrogens with one attached hydrogen (secondary N) is 2. The highest BCUT2D eigenvalue weighted by atomic mass is 16.2. The van der Waals surface area contributed by atoms with E-state index in [0.29, 0.717) is 17.3 Å². The smallest absolute Gasteiger partial charge is 0.311 e. The Morgan fingerprint density at radius 1 is 1.05 bits per heavy atom. The molecule has 0 radical (unpaired) electrons. The minimum atomic E-state index is -0.467. The van der Waals surface area contributed by atoms with Gasteiger partial charge in [0.15, 0.2) is 0 Å². The molecule has 0 bridgehead atoms. The van der Waals surface area contributed by atoms with Gasteiger partial charge in [-0.05, 0) is 50.9 Å². The van der Waals surface area contributed by atoms with Crippen molar-refractivity contribution in [1.82, 2.24) is 14.9 Å². The average molecular weight is 299 g/mol. The van der Waals surface area contributed by atoms with E-state index in [1.165, 1.54) is 18.4 Å². The van der Waals surface area contributed by atoms with Gasteiger partial charge in [-0.3, -0.25) is 14.7 Å². The predicted molar refractivity (Wildman–Crippen MR) is 87.1 cm³/mol. The molecule has 0 spiro atoms. The van der Waals surface area contributed by atoms with E-state index in [0.717, 1.165) is 18.7 Å². The van der Waals surface area contributed by atoms with Gasteiger partial charge in [0.05, 0.1) is 5.56 Å². The number of likely N-dealkylation sites (tertiary alicyclic amines) is 1. The van der Waals surface area contributed by atoms with Crippen molar-refractivity contribution in [1.29, 1.82) is 0 Å². The quantitative estimate of drug-likeness (QED) is 0.913. The molecule has 2 aromatic rings. The first-order chi connectivity index (χ1) is 10.6. The maximum absolute atomic E-state index is 12.0. The van der Waals surface area contributed by atoms with E-state index in [4.69, 9.17) is 0 Å². The standard InChI is InChI=1S/C17H21N3O2/c1-11-15(16(21)19-17(22)18-11)14-7-5-13(6-8-14)12(2)20-9-3-4-10-20/h5-8,12H,3-4,9-10H2,1-2H3,(H2,18,19,21,22)/t12-/m0/s1. The summed E-state index contributed by atoms with van der Waals surface area (Å²) >= 11 is 0. The zero-order valence-corrected chi connectivity index (χ0v) is 13.0. The van der Waals surface area contributed by atoms with Gasteiger partial charge < -0.3 is 4.98 Å². The Kier molecular flexibility index (Phi) is 3.98. The summed E-state index contributed by atoms with van der Waals surface area (Å²) in [5.74, 6) is 0. The van der Waals surface area contributed by atoms with Gasteiger partial charge in [0.25, 0.3) is 5.56 Å². The molecule has 0 aliphatic carbocycles. The number of H-pyrrole nitrogens is 2. The molecule has 1 aromatic carbocycles. The third kappa shape index (κ3) is 2.76. The van der Waals surface area contributed by atoms with Gasteiger partial charge in [-0.2, -0.15) is 0 Å². The molecule has 1 fully saturated rings. The number of benzene rings is 1. The Labute approximate surface area is 129 Å². The second-order valence-corrected chi connectivity index (χ2v) is 5.95. The van der Waals surface area contributed by atoms with Crippen molar-refractivity contribution in [2.45, 2.75) is 32.7 Å². The molecule has 0 amide bonds. The third-order valence-corrected chi connectivity index (χ3v) is 4.50. The molecule has 116 valence electrons. The Morgan fingerprint density at radius 2 is 1.68 bits per heavy atom. The van der Waals surface area contributed by atoms with E-state index in [2.05, 4.69) is 33.9 Å². The first-order valence-electron chi connectivity index (χ1n) is 7.74. The fourth-order valence-corrected chi connectivity index (χ4v) is 3.22. The number of aryl methyl sites for hydroxylation is 1. The molecular weight excluding hydrogens is 278 g/mol. The van der Waals surface area contributed by atoms with Crippen LogP contribution in [0.15, 0.2) is 33.9 Å². The summed E-state index contributed by atoms with van der Waals surface area (Å²) < 4.78 is 0. The number of hydrogen-bond donors (Lipinski definition) is 2. The SMILES string of the molecule is Cc1[nH]c(=O)[nH]c(=O)c1-c1ccc([C@H](C)N2CCCC2)cc1. The van der Waals surface area contributed by atoms with Crippen molar-refractivity contribution in [3.05, 3.63) is 56.4 Å². The third-order valence-electron chi connectivity index (χ3n) is 4.50. The van der Waals surface area contributed by atoms with Crippen LogP contribution in [0, 0.1) is 6.92 Å². The van der Waals surface area contributed by atoms with Crippen LogP contribution in [-0.4, -0.2) is 28.0 Å². The first-order valence-corrected chi connectivity index (χ1v) is 7.74. The minimum Gasteiger partial charge on any atom is -0.311 e. The molecule has 22 heavy (non-hydrogen) atoms. The van der Waals surface area contributed by atoms with Crippen LogP contribution in [0.2, 0.25) is 0 Å². The van der Waals surface area contributed by atoms with Gasteiger partial charge in [-0.25, -0.2) is 4.79 Å². The van der Waals surface area contributed by atoms with E-state index < -0.39 is 5.69 Å². The minimum absolute atomic E-state index is 0.346. The van der Waals surface area contributed by atoms with E-state index in [9.17, 15) is 9.59 Å². The van der Waals surface area contributed by atoms with Gasteiger partial charge in [0.1, 0.15) is 0 Å². The summed E-state index contributed by atoms with van der Waals surface area (Å²) in [5.41, 5.74) is 2.39. The second-order valence-electron chi connectivity index (χ2n) is 5.95. The fraction of sp³-hybridized carbons (Fsp3) is 0.412. The summed E-state index contributed by atoms with van der Waals surface area (Å²) in [6, 6.07) is 8.45. The number of rotatable bonds is 3. The molecule has 3 rings (SSSR count). The summed E-state index contributed by atoms with van der Waals surface area (Å²) in [7, 11) is 0. The molecule has 2 N–H and O–H groups in total. The number of nitrogens with zero attached hydrogens (tertiary/aromatic N) is 1. The fourth-order valence-electron chi connectivity index (χ4n) is 3.22. The summed E-state index contributed by atoms with van der Waals surface area (Å²) in [4.78, 5) is 30.7. The van der Waals surface area contributed by atoms with Crippen molar-refractivity contribution in [3.8, 4) is 11.1 Å². The van der Waals surface area contributed by atoms with Crippen LogP contribution in [0.3, 0.4) is 0 Å². The van der Waals surface area contributed by atoms with Crippen molar-refractivity contribution < 1.29 is 0 Å². The Hall–Kier alpha value is -2.14. The van der Waals surface area contributed by atoms with Crippen LogP contribution in [0.1, 0.15) is 37.1 Å². The van der Waals surface area contributed by atoms with E-state index in [-0.39, 0.29) is 5.56 Å². The molecule has 5 nitrogen and oxygen atoms in total. The maximum atomic E-state index is 12.0. The normalized spacial score (nSPS) is 16.8. The maximum Gasteiger partial charge on any atom is 0.325 e. The van der Waals surface area contributed by atoms with Gasteiger partial charge in [0.2, 0.25) is 0 Å². The van der Waals surface area contributed by atoms with Crippen molar-refractivity contribution in [2.75, 3.05) is 13.1 Å². The molecule has 1 aliphatic rings. The molecular formula is C17H21N3O2. The van der Waals surface area contributed by atoms with E-state index in [1.807, 2.05) is 12.1 Å². The highest BCUT2D eigenvalue weighted by Gasteiger charge is 2.19. The average Bonchev–Trinajstić information content (AvgIpc) is 3.00. The van der Waals surface area contributed by atoms with Crippen LogP contribution in [0.5, 0.6) is 0 Å². The number of aromatic nitrogens is 2. The van der Waals surface area contributed by atoms with Crippen LogP contribution >= 0.6 is 0 Å². The second kappa shape index (κ2) is 5.93. The zero-order chi connectivity index (χ0) is 15.7. The monoisotopic (exact) mass is 299 g/mol. The highest BCUT2D eigenvalue weighted by molar-refractivity contribution is 5.64. The Bertz CT molecular complexity index is 768. The van der Waals surface area contributed by atoms with Gasteiger partial charge in [-0.15, -0.1) is 0 Å².